The van der Waals surface area contributed by atoms with Crippen molar-refractivity contribution in [3.05, 3.63) is 77.6 Å². The Kier molecular flexibility index (Phi) is 14.6. The van der Waals surface area contributed by atoms with Crippen LogP contribution in [0.4, 0.5) is 8.78 Å². The summed E-state index contributed by atoms with van der Waals surface area (Å²) >= 11 is 0. The van der Waals surface area contributed by atoms with Gasteiger partial charge < -0.3 is 9.64 Å². The van der Waals surface area contributed by atoms with E-state index in [9.17, 15) is 13.6 Å². The van der Waals surface area contributed by atoms with Gasteiger partial charge in [-0.2, -0.15) is 0 Å². The van der Waals surface area contributed by atoms with E-state index in [1.807, 2.05) is 58.6 Å². The number of carbonyl (C=O) groups is 1. The van der Waals surface area contributed by atoms with Crippen molar-refractivity contribution in [2.45, 2.75) is 60.8 Å². The molecule has 36 heavy (non-hydrogen) atoms. The van der Waals surface area contributed by atoms with E-state index >= 15 is 0 Å². The van der Waals surface area contributed by atoms with Crippen molar-refractivity contribution in [3.63, 3.8) is 0 Å². The molecule has 0 bridgehead atoms. The molecule has 1 aromatic carbocycles. The highest BCUT2D eigenvalue weighted by molar-refractivity contribution is 5.77. The first-order valence-electron chi connectivity index (χ1n) is 12.6. The maximum absolute atomic E-state index is 13.4. The predicted octanol–water partition coefficient (Wildman–Crippen LogP) is 7.17. The lowest BCUT2D eigenvalue weighted by Gasteiger charge is -2.26. The van der Waals surface area contributed by atoms with Crippen LogP contribution in [0.25, 0.3) is 11.3 Å². The van der Waals surface area contributed by atoms with Gasteiger partial charge in [-0.15, -0.1) is 0 Å². The molecule has 1 fully saturated rings. The second-order valence-electron chi connectivity index (χ2n) is 7.72. The lowest BCUT2D eigenvalue weighted by Crippen LogP contribution is -2.38. The molecule has 7 heteroatoms. The van der Waals surface area contributed by atoms with Crippen molar-refractivity contribution in [1.29, 1.82) is 0 Å². The number of nitrogens with zero attached hydrogens (tertiary/aromatic N) is 3. The zero-order chi connectivity index (χ0) is 26.9. The smallest absolute Gasteiger partial charge is 0.260 e. The average molecular weight is 500 g/mol. The quantitative estimate of drug-likeness (QED) is 0.382. The Hall–Kier alpha value is -3.35. The number of carbonyl (C=O) groups excluding carboxylic acids is 1. The Morgan fingerprint density at radius 3 is 1.97 bits per heavy atom. The van der Waals surface area contributed by atoms with Crippen LogP contribution in [0.2, 0.25) is 0 Å². The molecular formula is C29H39F2N3O2. The third-order valence-electron chi connectivity index (χ3n) is 5.08. The predicted molar refractivity (Wildman–Crippen MR) is 142 cm³/mol. The van der Waals surface area contributed by atoms with Gasteiger partial charge in [0.1, 0.15) is 11.6 Å². The van der Waals surface area contributed by atoms with Crippen molar-refractivity contribution in [3.8, 4) is 17.1 Å². The Morgan fingerprint density at radius 2 is 1.42 bits per heavy atom. The molecule has 1 amide bonds. The molecule has 5 nitrogen and oxygen atoms in total. The highest BCUT2D eigenvalue weighted by atomic mass is 19.1. The Balaban J connectivity index is 0.000000318. The molecule has 1 saturated heterocycles. The minimum Gasteiger partial charge on any atom is -0.468 e. The van der Waals surface area contributed by atoms with Gasteiger partial charge in [0.05, 0.1) is 11.3 Å². The van der Waals surface area contributed by atoms with Gasteiger partial charge in [0.2, 0.25) is 5.88 Å². The minimum absolute atomic E-state index is 0.0630. The Morgan fingerprint density at radius 1 is 0.861 bits per heavy atom. The lowest BCUT2D eigenvalue weighted by molar-refractivity contribution is -0.134. The number of likely N-dealkylation sites (tertiary alicyclic amines) is 1. The number of rotatable bonds is 4. The number of piperidine rings is 1. The molecule has 0 saturated carbocycles. The maximum atomic E-state index is 13.4. The first-order valence-corrected chi connectivity index (χ1v) is 12.6. The van der Waals surface area contributed by atoms with Gasteiger partial charge in [-0.05, 0) is 74.6 Å². The summed E-state index contributed by atoms with van der Waals surface area (Å²) in [6.07, 6.45) is 6.67. The summed E-state index contributed by atoms with van der Waals surface area (Å²) in [6, 6.07) is 11.0. The van der Waals surface area contributed by atoms with Crippen LogP contribution in [0, 0.1) is 25.5 Å². The summed E-state index contributed by atoms with van der Waals surface area (Å²) in [4.78, 5) is 21.7. The zero-order valence-corrected chi connectivity index (χ0v) is 22.4. The standard InChI is InChI=1S/C13H18N2O2.C12H9F2N.2C2H6/c1-11-5-6-14-12(9-11)17-10-13(16)15-7-3-2-4-8-15;1-8-5-6-15-11(7-8)12-9(13)3-2-4-10(12)14;2*1-2/h5-6,9H,2-4,7-8,10H2,1H3;2-7H,1H3;2*1-2H3. The summed E-state index contributed by atoms with van der Waals surface area (Å²) in [5.41, 5.74) is 2.26. The summed E-state index contributed by atoms with van der Waals surface area (Å²) in [6.45, 7) is 13.6. The number of ether oxygens (including phenoxy) is 1. The number of benzene rings is 1. The van der Waals surface area contributed by atoms with Crippen LogP contribution >= 0.6 is 0 Å². The average Bonchev–Trinajstić information content (AvgIpc) is 2.91. The van der Waals surface area contributed by atoms with Gasteiger partial charge in [0.25, 0.3) is 5.91 Å². The molecule has 0 unspecified atom stereocenters. The first-order chi connectivity index (χ1) is 17.4. The van der Waals surface area contributed by atoms with Crippen molar-refractivity contribution in [2.75, 3.05) is 19.7 Å². The van der Waals surface area contributed by atoms with Crippen LogP contribution < -0.4 is 4.74 Å². The molecule has 0 N–H and O–H groups in total. The van der Waals surface area contributed by atoms with Crippen molar-refractivity contribution < 1.29 is 18.3 Å². The van der Waals surface area contributed by atoms with Crippen LogP contribution in [0.1, 0.15) is 58.1 Å². The lowest BCUT2D eigenvalue weighted by atomic mass is 10.1. The zero-order valence-electron chi connectivity index (χ0n) is 22.4. The number of pyridine rings is 2. The van der Waals surface area contributed by atoms with Crippen molar-refractivity contribution in [1.82, 2.24) is 14.9 Å². The normalized spacial score (nSPS) is 12.1. The van der Waals surface area contributed by atoms with E-state index in [0.29, 0.717) is 11.6 Å². The number of halogens is 2. The molecule has 1 aliphatic heterocycles. The van der Waals surface area contributed by atoms with E-state index in [0.717, 1.165) is 37.1 Å². The first kappa shape index (κ1) is 30.7. The fourth-order valence-electron chi connectivity index (χ4n) is 3.37. The van der Waals surface area contributed by atoms with Crippen LogP contribution in [-0.2, 0) is 4.79 Å². The van der Waals surface area contributed by atoms with E-state index < -0.39 is 11.6 Å². The van der Waals surface area contributed by atoms with Gasteiger partial charge in [0, 0.05) is 31.5 Å². The Bertz CT molecular complexity index is 1030. The molecule has 0 aliphatic carbocycles. The van der Waals surface area contributed by atoms with Gasteiger partial charge in [-0.1, -0.05) is 33.8 Å². The highest BCUT2D eigenvalue weighted by Crippen LogP contribution is 2.24. The van der Waals surface area contributed by atoms with Crippen LogP contribution in [0.3, 0.4) is 0 Å². The van der Waals surface area contributed by atoms with Gasteiger partial charge >= 0.3 is 0 Å². The number of amides is 1. The molecule has 196 valence electrons. The summed E-state index contributed by atoms with van der Waals surface area (Å²) in [5.74, 6) is -0.593. The van der Waals surface area contributed by atoms with E-state index in [1.54, 1.807) is 18.3 Å². The van der Waals surface area contributed by atoms with E-state index in [4.69, 9.17) is 4.74 Å². The van der Waals surface area contributed by atoms with E-state index in [1.165, 1.54) is 30.8 Å². The topological polar surface area (TPSA) is 55.3 Å². The van der Waals surface area contributed by atoms with Gasteiger partial charge in [0.15, 0.2) is 6.61 Å². The van der Waals surface area contributed by atoms with E-state index in [-0.39, 0.29) is 18.1 Å². The number of aromatic nitrogens is 2. The number of hydrogen-bond donors (Lipinski definition) is 0. The molecule has 1 aliphatic rings. The monoisotopic (exact) mass is 499 g/mol. The van der Waals surface area contributed by atoms with Crippen LogP contribution in [0.5, 0.6) is 5.88 Å². The molecule has 0 spiro atoms. The molecular weight excluding hydrogens is 460 g/mol. The van der Waals surface area contributed by atoms with E-state index in [2.05, 4.69) is 9.97 Å². The van der Waals surface area contributed by atoms with Gasteiger partial charge in [-0.25, -0.2) is 13.8 Å². The largest absolute Gasteiger partial charge is 0.468 e. The highest BCUT2D eigenvalue weighted by Gasteiger charge is 2.17. The summed E-state index contributed by atoms with van der Waals surface area (Å²) in [5, 5.41) is 0. The SMILES string of the molecule is CC.CC.Cc1ccnc(-c2c(F)cccc2F)c1.Cc1ccnc(OCC(=O)N2CCCCC2)c1. The van der Waals surface area contributed by atoms with Crippen LogP contribution in [-0.4, -0.2) is 40.5 Å². The fourth-order valence-corrected chi connectivity index (χ4v) is 3.37. The van der Waals surface area contributed by atoms with Crippen LogP contribution in [0.15, 0.2) is 54.9 Å². The molecule has 2 aromatic heterocycles. The summed E-state index contributed by atoms with van der Waals surface area (Å²) < 4.78 is 32.2. The molecule has 0 radical (unpaired) electrons. The number of aryl methyl sites for hydroxylation is 2. The third kappa shape index (κ3) is 10.1. The molecule has 3 heterocycles. The van der Waals surface area contributed by atoms with Crippen molar-refractivity contribution in [2.24, 2.45) is 0 Å². The fraction of sp³-hybridized carbons (Fsp3) is 0.414. The third-order valence-corrected chi connectivity index (χ3v) is 5.08. The van der Waals surface area contributed by atoms with Crippen molar-refractivity contribution >= 4 is 5.91 Å². The number of hydrogen-bond acceptors (Lipinski definition) is 4. The van der Waals surface area contributed by atoms with Gasteiger partial charge in [-0.3, -0.25) is 9.78 Å². The second-order valence-corrected chi connectivity index (χ2v) is 7.72. The maximum Gasteiger partial charge on any atom is 0.260 e. The molecule has 3 aromatic rings. The molecule has 4 rings (SSSR count). The summed E-state index contributed by atoms with van der Waals surface area (Å²) in [7, 11) is 0. The minimum atomic E-state index is -0.590. The molecule has 0 atom stereocenters. The Labute approximate surface area is 214 Å². The second kappa shape index (κ2) is 17.1.